The highest BCUT2D eigenvalue weighted by Gasteiger charge is 2.50. The summed E-state index contributed by atoms with van der Waals surface area (Å²) in [4.78, 5) is 30.4. The van der Waals surface area contributed by atoms with E-state index in [4.69, 9.17) is 11.6 Å². The summed E-state index contributed by atoms with van der Waals surface area (Å²) >= 11 is 6.05. The van der Waals surface area contributed by atoms with Crippen LogP contribution >= 0.6 is 11.6 Å². The summed E-state index contributed by atoms with van der Waals surface area (Å²) in [6.45, 7) is 2.25. The molecule has 6 heteroatoms. The number of urea groups is 1. The predicted molar refractivity (Wildman–Crippen MR) is 84.0 cm³/mol. The van der Waals surface area contributed by atoms with Crippen LogP contribution in [-0.4, -0.2) is 53.5 Å². The lowest BCUT2D eigenvalue weighted by Gasteiger charge is -2.24. The Morgan fingerprint density at radius 3 is 2.77 bits per heavy atom. The average Bonchev–Trinajstić information content (AvgIpc) is 3.19. The standard InChI is InChI=1S/C16H18ClN3O2/c17-11-3-1-4-12(9-11)18-8-6-13(10-18)20-15(21)14-5-2-7-19(14)16(20)22/h1,3-4,9,13-14H,2,5-8,10H2/t13?,14-/m0/s1. The van der Waals surface area contributed by atoms with Gasteiger partial charge in [0.2, 0.25) is 0 Å². The van der Waals surface area contributed by atoms with Gasteiger partial charge in [-0.05, 0) is 37.5 Å². The second-order valence-electron chi connectivity index (χ2n) is 6.21. The quantitative estimate of drug-likeness (QED) is 0.786. The van der Waals surface area contributed by atoms with Crippen LogP contribution in [0.3, 0.4) is 0 Å². The fourth-order valence-corrected chi connectivity index (χ4v) is 4.03. The topological polar surface area (TPSA) is 43.9 Å². The Kier molecular flexibility index (Phi) is 3.26. The number of hydrogen-bond donors (Lipinski definition) is 0. The second-order valence-corrected chi connectivity index (χ2v) is 6.65. The van der Waals surface area contributed by atoms with Crippen LogP contribution in [0.15, 0.2) is 24.3 Å². The number of benzene rings is 1. The van der Waals surface area contributed by atoms with Gasteiger partial charge in [0.05, 0.1) is 6.04 Å². The zero-order valence-corrected chi connectivity index (χ0v) is 13.0. The van der Waals surface area contributed by atoms with Crippen molar-refractivity contribution in [1.82, 2.24) is 9.80 Å². The van der Waals surface area contributed by atoms with Crippen LogP contribution in [0, 0.1) is 0 Å². The van der Waals surface area contributed by atoms with Gasteiger partial charge in [-0.2, -0.15) is 0 Å². The summed E-state index contributed by atoms with van der Waals surface area (Å²) < 4.78 is 0. The van der Waals surface area contributed by atoms with Gasteiger partial charge in [0.1, 0.15) is 6.04 Å². The molecule has 1 aromatic carbocycles. The number of imide groups is 1. The van der Waals surface area contributed by atoms with Crippen molar-refractivity contribution in [2.75, 3.05) is 24.5 Å². The zero-order valence-electron chi connectivity index (χ0n) is 12.2. The number of anilines is 1. The van der Waals surface area contributed by atoms with Gasteiger partial charge in [-0.3, -0.25) is 9.69 Å². The van der Waals surface area contributed by atoms with Gasteiger partial charge in [0, 0.05) is 30.3 Å². The van der Waals surface area contributed by atoms with Gasteiger partial charge in [-0.15, -0.1) is 0 Å². The third kappa shape index (κ3) is 2.07. The van der Waals surface area contributed by atoms with Crippen LogP contribution in [0.4, 0.5) is 10.5 Å². The lowest BCUT2D eigenvalue weighted by Crippen LogP contribution is -2.43. The first-order chi connectivity index (χ1) is 10.6. The molecule has 0 spiro atoms. The molecular weight excluding hydrogens is 302 g/mol. The van der Waals surface area contributed by atoms with E-state index < -0.39 is 0 Å². The Labute approximate surface area is 134 Å². The molecule has 2 atom stereocenters. The highest BCUT2D eigenvalue weighted by Crippen LogP contribution is 2.32. The summed E-state index contributed by atoms with van der Waals surface area (Å²) in [5, 5.41) is 0.704. The van der Waals surface area contributed by atoms with Crippen molar-refractivity contribution in [2.24, 2.45) is 0 Å². The van der Waals surface area contributed by atoms with Crippen molar-refractivity contribution < 1.29 is 9.59 Å². The van der Waals surface area contributed by atoms with Gasteiger partial charge in [0.15, 0.2) is 0 Å². The fraction of sp³-hybridized carbons (Fsp3) is 0.500. The van der Waals surface area contributed by atoms with Gasteiger partial charge >= 0.3 is 6.03 Å². The first kappa shape index (κ1) is 13.9. The molecule has 4 rings (SSSR count). The molecule has 116 valence electrons. The Morgan fingerprint density at radius 2 is 2.00 bits per heavy atom. The number of amides is 3. The minimum Gasteiger partial charge on any atom is -0.369 e. The lowest BCUT2D eigenvalue weighted by atomic mass is 10.2. The summed E-state index contributed by atoms with van der Waals surface area (Å²) in [7, 11) is 0. The third-order valence-electron chi connectivity index (χ3n) is 4.93. The molecule has 0 radical (unpaired) electrons. The van der Waals surface area contributed by atoms with Crippen LogP contribution in [0.2, 0.25) is 5.02 Å². The Balaban J connectivity index is 1.51. The molecule has 3 aliphatic rings. The number of carbonyl (C=O) groups excluding carboxylic acids is 2. The Bertz CT molecular complexity index is 614. The number of halogens is 1. The molecule has 22 heavy (non-hydrogen) atoms. The van der Waals surface area contributed by atoms with Crippen molar-refractivity contribution >= 4 is 29.2 Å². The van der Waals surface area contributed by atoms with Gasteiger partial charge < -0.3 is 9.80 Å². The largest absolute Gasteiger partial charge is 0.369 e. The first-order valence-corrected chi connectivity index (χ1v) is 8.17. The molecule has 5 nitrogen and oxygen atoms in total. The molecule has 3 amide bonds. The fourth-order valence-electron chi connectivity index (χ4n) is 3.84. The van der Waals surface area contributed by atoms with Gasteiger partial charge in [-0.25, -0.2) is 4.79 Å². The predicted octanol–water partition coefficient (Wildman–Crippen LogP) is 2.35. The molecule has 0 N–H and O–H groups in total. The highest BCUT2D eigenvalue weighted by atomic mass is 35.5. The summed E-state index contributed by atoms with van der Waals surface area (Å²) in [6, 6.07) is 7.40. The summed E-state index contributed by atoms with van der Waals surface area (Å²) in [6.07, 6.45) is 2.58. The first-order valence-electron chi connectivity index (χ1n) is 7.79. The third-order valence-corrected chi connectivity index (χ3v) is 5.16. The molecule has 0 bridgehead atoms. The Morgan fingerprint density at radius 1 is 1.14 bits per heavy atom. The maximum absolute atomic E-state index is 12.5. The van der Waals surface area contributed by atoms with Crippen molar-refractivity contribution in [2.45, 2.75) is 31.3 Å². The molecular formula is C16H18ClN3O2. The lowest BCUT2D eigenvalue weighted by molar-refractivity contribution is -0.129. The van der Waals surface area contributed by atoms with Crippen LogP contribution in [0.5, 0.6) is 0 Å². The number of rotatable bonds is 2. The minimum atomic E-state index is -0.201. The van der Waals surface area contributed by atoms with E-state index in [0.29, 0.717) is 11.6 Å². The maximum atomic E-state index is 12.5. The van der Waals surface area contributed by atoms with Crippen LogP contribution in [-0.2, 0) is 4.79 Å². The number of nitrogens with zero attached hydrogens (tertiary/aromatic N) is 3. The summed E-state index contributed by atoms with van der Waals surface area (Å²) in [5.41, 5.74) is 1.05. The van der Waals surface area contributed by atoms with E-state index in [9.17, 15) is 9.59 Å². The molecule has 3 saturated heterocycles. The van der Waals surface area contributed by atoms with Crippen LogP contribution in [0.1, 0.15) is 19.3 Å². The molecule has 1 unspecified atom stereocenters. The van der Waals surface area contributed by atoms with Crippen LogP contribution in [0.25, 0.3) is 0 Å². The molecule has 1 aromatic rings. The van der Waals surface area contributed by atoms with Crippen LogP contribution < -0.4 is 4.90 Å². The summed E-state index contributed by atoms with van der Waals surface area (Å²) in [5.74, 6) is 0.000411. The molecule has 0 saturated carbocycles. The maximum Gasteiger partial charge on any atom is 0.327 e. The van der Waals surface area contributed by atoms with E-state index >= 15 is 0 Å². The SMILES string of the molecule is O=C1[C@@H]2CCCN2C(=O)N1C1CCN(c2cccc(Cl)c2)C1. The van der Waals surface area contributed by atoms with Crippen molar-refractivity contribution in [3.05, 3.63) is 29.3 Å². The smallest absolute Gasteiger partial charge is 0.327 e. The second kappa shape index (κ2) is 5.16. The molecule has 3 aliphatic heterocycles. The molecule has 0 aliphatic carbocycles. The van der Waals surface area contributed by atoms with Crippen molar-refractivity contribution in [3.8, 4) is 0 Å². The van der Waals surface area contributed by atoms with Crippen molar-refractivity contribution in [3.63, 3.8) is 0 Å². The normalized spacial score (nSPS) is 28.0. The molecule has 0 aromatic heterocycles. The van der Waals surface area contributed by atoms with E-state index in [1.165, 1.54) is 4.90 Å². The van der Waals surface area contributed by atoms with Gasteiger partial charge in [-0.1, -0.05) is 17.7 Å². The minimum absolute atomic E-state index is 0.000411. The van der Waals surface area contributed by atoms with E-state index in [2.05, 4.69) is 4.90 Å². The number of carbonyl (C=O) groups is 2. The van der Waals surface area contributed by atoms with E-state index in [1.807, 2.05) is 24.3 Å². The number of fused-ring (bicyclic) bond motifs is 1. The zero-order chi connectivity index (χ0) is 15.3. The molecule has 3 fully saturated rings. The van der Waals surface area contributed by atoms with Crippen molar-refractivity contribution in [1.29, 1.82) is 0 Å². The monoisotopic (exact) mass is 319 g/mol. The number of hydrogen-bond acceptors (Lipinski definition) is 3. The van der Waals surface area contributed by atoms with Gasteiger partial charge in [0.25, 0.3) is 5.91 Å². The van der Waals surface area contributed by atoms with E-state index in [0.717, 1.165) is 38.0 Å². The van der Waals surface area contributed by atoms with E-state index in [1.54, 1.807) is 4.90 Å². The molecule has 3 heterocycles. The van der Waals surface area contributed by atoms with E-state index in [-0.39, 0.29) is 24.0 Å². The highest BCUT2D eigenvalue weighted by molar-refractivity contribution is 6.30. The Hall–Kier alpha value is -1.75. The average molecular weight is 320 g/mol.